The zero-order valence-corrected chi connectivity index (χ0v) is 10.8. The molecule has 0 atom stereocenters. The van der Waals surface area contributed by atoms with Crippen LogP contribution in [0.25, 0.3) is 0 Å². The minimum Gasteiger partial charge on any atom is -0.494 e. The third-order valence-corrected chi connectivity index (χ3v) is 2.77. The van der Waals surface area contributed by atoms with E-state index in [9.17, 15) is 18.0 Å². The maximum absolute atomic E-state index is 14.0. The van der Waals surface area contributed by atoms with Crippen LogP contribution in [-0.2, 0) is 6.54 Å². The van der Waals surface area contributed by atoms with Crippen molar-refractivity contribution >= 4 is 5.97 Å². The van der Waals surface area contributed by atoms with Gasteiger partial charge in [-0.05, 0) is 6.07 Å². The Balaban J connectivity index is 2.43. The number of alkyl halides is 2. The van der Waals surface area contributed by atoms with Crippen LogP contribution in [0, 0.1) is 5.82 Å². The Labute approximate surface area is 116 Å². The molecule has 1 N–H and O–H groups in total. The summed E-state index contributed by atoms with van der Waals surface area (Å²) in [7, 11) is 1.27. The highest BCUT2D eigenvalue weighted by atomic mass is 19.3. The van der Waals surface area contributed by atoms with Gasteiger partial charge < -0.3 is 9.84 Å². The van der Waals surface area contributed by atoms with Gasteiger partial charge in [0.05, 0.1) is 13.7 Å². The lowest BCUT2D eigenvalue weighted by molar-refractivity contribution is 0.0675. The number of aromatic carboxylic acids is 1. The van der Waals surface area contributed by atoms with E-state index in [0.717, 1.165) is 0 Å². The molecule has 0 bridgehead atoms. The summed E-state index contributed by atoms with van der Waals surface area (Å²) in [6.07, 6.45) is -3.10. The van der Waals surface area contributed by atoms with E-state index in [4.69, 9.17) is 9.84 Å². The molecule has 0 saturated carbocycles. The number of benzene rings is 1. The first-order valence-electron chi connectivity index (χ1n) is 5.72. The molecule has 9 heteroatoms. The molecule has 0 saturated heterocycles. The molecule has 1 aromatic carbocycles. The van der Waals surface area contributed by atoms with Gasteiger partial charge in [0, 0.05) is 5.56 Å². The Kier molecular flexibility index (Phi) is 4.10. The topological polar surface area (TPSA) is 77.2 Å². The van der Waals surface area contributed by atoms with E-state index in [2.05, 4.69) is 10.3 Å². The largest absolute Gasteiger partial charge is 0.494 e. The van der Waals surface area contributed by atoms with Crippen LogP contribution >= 0.6 is 0 Å². The van der Waals surface area contributed by atoms with Crippen molar-refractivity contribution < 1.29 is 27.8 Å². The van der Waals surface area contributed by atoms with E-state index < -0.39 is 29.6 Å². The standard InChI is InChI=1S/C12H10F3N3O3/c1-21-7-4-2-3-6(8(7)13)5-18-10(11(14)15)9(12(19)20)16-17-18/h2-4,11H,5H2,1H3,(H,19,20). The van der Waals surface area contributed by atoms with Crippen molar-refractivity contribution in [1.82, 2.24) is 15.0 Å². The van der Waals surface area contributed by atoms with Crippen molar-refractivity contribution in [3.63, 3.8) is 0 Å². The first kappa shape index (κ1) is 14.8. The molecule has 0 aliphatic carbocycles. The van der Waals surface area contributed by atoms with Gasteiger partial charge in [-0.1, -0.05) is 17.3 Å². The van der Waals surface area contributed by atoms with Gasteiger partial charge in [0.2, 0.25) is 0 Å². The lowest BCUT2D eigenvalue weighted by Crippen LogP contribution is -2.11. The summed E-state index contributed by atoms with van der Waals surface area (Å²) >= 11 is 0. The summed E-state index contributed by atoms with van der Waals surface area (Å²) in [6, 6.07) is 4.21. The highest BCUT2D eigenvalue weighted by Crippen LogP contribution is 2.25. The number of carboxylic acid groups (broad SMARTS) is 1. The molecule has 0 amide bonds. The SMILES string of the molecule is COc1cccc(Cn2nnc(C(=O)O)c2C(F)F)c1F. The molecule has 6 nitrogen and oxygen atoms in total. The number of carboxylic acids is 1. The van der Waals surface area contributed by atoms with Crippen LogP contribution in [0.3, 0.4) is 0 Å². The number of nitrogens with zero attached hydrogens (tertiary/aromatic N) is 3. The predicted octanol–water partition coefficient (Wildman–Crippen LogP) is 2.11. The fourth-order valence-electron chi connectivity index (χ4n) is 1.80. The minimum atomic E-state index is -3.10. The number of ether oxygens (including phenoxy) is 1. The number of methoxy groups -OCH3 is 1. The highest BCUT2D eigenvalue weighted by Gasteiger charge is 2.26. The molecule has 2 aromatic rings. The maximum atomic E-state index is 14.0. The average Bonchev–Trinajstić information content (AvgIpc) is 2.85. The van der Waals surface area contributed by atoms with Crippen LogP contribution in [0.2, 0.25) is 0 Å². The molecule has 0 fully saturated rings. The second kappa shape index (κ2) is 5.81. The van der Waals surface area contributed by atoms with Crippen molar-refractivity contribution in [2.45, 2.75) is 13.0 Å². The Morgan fingerprint density at radius 2 is 2.19 bits per heavy atom. The van der Waals surface area contributed by atoms with Crippen LogP contribution in [0.4, 0.5) is 13.2 Å². The van der Waals surface area contributed by atoms with Crippen molar-refractivity contribution in [3.05, 3.63) is 41.0 Å². The molecule has 0 aliphatic heterocycles. The summed E-state index contributed by atoms with van der Waals surface area (Å²) in [5, 5.41) is 15.3. The lowest BCUT2D eigenvalue weighted by Gasteiger charge is -2.09. The summed E-state index contributed by atoms with van der Waals surface area (Å²) in [4.78, 5) is 10.8. The van der Waals surface area contributed by atoms with Gasteiger partial charge in [-0.15, -0.1) is 5.10 Å². The van der Waals surface area contributed by atoms with Crippen molar-refractivity contribution in [1.29, 1.82) is 0 Å². The second-order valence-corrected chi connectivity index (χ2v) is 4.02. The molecule has 21 heavy (non-hydrogen) atoms. The first-order chi connectivity index (χ1) is 9.95. The average molecular weight is 301 g/mol. The zero-order chi connectivity index (χ0) is 15.6. The Morgan fingerprint density at radius 3 is 2.76 bits per heavy atom. The first-order valence-corrected chi connectivity index (χ1v) is 5.72. The van der Waals surface area contributed by atoms with Gasteiger partial charge >= 0.3 is 5.97 Å². The normalized spacial score (nSPS) is 10.9. The number of rotatable bonds is 5. The Bertz CT molecular complexity index is 673. The summed E-state index contributed by atoms with van der Waals surface area (Å²) < 4.78 is 45.3. The van der Waals surface area contributed by atoms with Gasteiger partial charge in [-0.3, -0.25) is 0 Å². The van der Waals surface area contributed by atoms with Crippen LogP contribution in [0.1, 0.15) is 28.2 Å². The van der Waals surface area contributed by atoms with Gasteiger partial charge in [0.1, 0.15) is 5.69 Å². The smallest absolute Gasteiger partial charge is 0.358 e. The third-order valence-electron chi connectivity index (χ3n) is 2.77. The molecule has 0 unspecified atom stereocenters. The van der Waals surface area contributed by atoms with Crippen molar-refractivity contribution in [2.75, 3.05) is 7.11 Å². The number of halogens is 3. The second-order valence-electron chi connectivity index (χ2n) is 4.02. The Morgan fingerprint density at radius 1 is 1.48 bits per heavy atom. The fraction of sp³-hybridized carbons (Fsp3) is 0.250. The van der Waals surface area contributed by atoms with Crippen LogP contribution in [0.15, 0.2) is 18.2 Å². The van der Waals surface area contributed by atoms with E-state index in [0.29, 0.717) is 4.68 Å². The van der Waals surface area contributed by atoms with Crippen molar-refractivity contribution in [2.24, 2.45) is 0 Å². The third kappa shape index (κ3) is 2.81. The minimum absolute atomic E-state index is 0.0260. The highest BCUT2D eigenvalue weighted by molar-refractivity contribution is 5.86. The molecule has 1 aromatic heterocycles. The fourth-order valence-corrected chi connectivity index (χ4v) is 1.80. The van der Waals surface area contributed by atoms with Gasteiger partial charge in [0.25, 0.3) is 6.43 Å². The van der Waals surface area contributed by atoms with Gasteiger partial charge in [-0.25, -0.2) is 22.6 Å². The number of hydrogen-bond donors (Lipinski definition) is 1. The molecule has 1 heterocycles. The summed E-state index contributed by atoms with van der Waals surface area (Å²) in [5.74, 6) is -2.40. The Hall–Kier alpha value is -2.58. The van der Waals surface area contributed by atoms with E-state index in [-0.39, 0.29) is 17.9 Å². The monoisotopic (exact) mass is 301 g/mol. The van der Waals surface area contributed by atoms with Crippen LogP contribution in [-0.4, -0.2) is 33.2 Å². The number of aromatic nitrogens is 3. The van der Waals surface area contributed by atoms with E-state index in [1.165, 1.54) is 25.3 Å². The summed E-state index contributed by atoms with van der Waals surface area (Å²) in [5.41, 5.74) is -1.70. The molecule has 112 valence electrons. The predicted molar refractivity (Wildman–Crippen MR) is 64.0 cm³/mol. The maximum Gasteiger partial charge on any atom is 0.358 e. The van der Waals surface area contributed by atoms with E-state index in [1.807, 2.05) is 0 Å². The van der Waals surface area contributed by atoms with Crippen LogP contribution in [0.5, 0.6) is 5.75 Å². The number of carbonyl (C=O) groups is 1. The molecular formula is C12H10F3N3O3. The molecule has 0 aliphatic rings. The zero-order valence-electron chi connectivity index (χ0n) is 10.8. The summed E-state index contributed by atoms with van der Waals surface area (Å²) in [6.45, 7) is -0.386. The number of hydrogen-bond acceptors (Lipinski definition) is 4. The van der Waals surface area contributed by atoms with Gasteiger partial charge in [-0.2, -0.15) is 0 Å². The van der Waals surface area contributed by atoms with E-state index in [1.54, 1.807) is 0 Å². The van der Waals surface area contributed by atoms with E-state index >= 15 is 0 Å². The molecule has 2 rings (SSSR count). The van der Waals surface area contributed by atoms with Crippen molar-refractivity contribution in [3.8, 4) is 5.75 Å². The molecular weight excluding hydrogens is 291 g/mol. The molecule has 0 radical (unpaired) electrons. The molecule has 0 spiro atoms. The van der Waals surface area contributed by atoms with Crippen LogP contribution < -0.4 is 4.74 Å². The lowest BCUT2D eigenvalue weighted by atomic mass is 10.2. The van der Waals surface area contributed by atoms with Gasteiger partial charge in [0.15, 0.2) is 17.3 Å². The quantitative estimate of drug-likeness (QED) is 0.915.